The summed E-state index contributed by atoms with van der Waals surface area (Å²) in [7, 11) is 0. The molecule has 1 atom stereocenters. The van der Waals surface area contributed by atoms with Crippen LogP contribution >= 0.6 is 11.6 Å². The quantitative estimate of drug-likeness (QED) is 0.549. The third-order valence-corrected chi connectivity index (χ3v) is 4.67. The van der Waals surface area contributed by atoms with Crippen molar-refractivity contribution in [3.8, 4) is 11.5 Å². The lowest BCUT2D eigenvalue weighted by atomic mass is 10.1. The highest BCUT2D eigenvalue weighted by Gasteiger charge is 2.10. The van der Waals surface area contributed by atoms with Crippen LogP contribution < -0.4 is 10.1 Å². The Morgan fingerprint density at radius 3 is 2.75 bits per heavy atom. The van der Waals surface area contributed by atoms with Gasteiger partial charge in [-0.15, -0.1) is 0 Å². The summed E-state index contributed by atoms with van der Waals surface area (Å²) in [5.41, 5.74) is 0.673. The van der Waals surface area contributed by atoms with Gasteiger partial charge < -0.3 is 14.6 Å². The molecule has 0 saturated heterocycles. The van der Waals surface area contributed by atoms with Crippen LogP contribution in [0.15, 0.2) is 48.8 Å². The molecule has 1 aromatic heterocycles. The Balaban J connectivity index is 1.62. The minimum absolute atomic E-state index is 0.0251. The molecular formula is C21H22ClF2N3O. The molecule has 1 N–H and O–H groups in total. The first kappa shape index (κ1) is 20.3. The van der Waals surface area contributed by atoms with Crippen molar-refractivity contribution in [3.05, 3.63) is 76.8 Å². The molecule has 0 amide bonds. The van der Waals surface area contributed by atoms with Crippen molar-refractivity contribution in [1.82, 2.24) is 14.9 Å². The van der Waals surface area contributed by atoms with Gasteiger partial charge in [0.05, 0.1) is 5.02 Å². The van der Waals surface area contributed by atoms with Gasteiger partial charge >= 0.3 is 0 Å². The van der Waals surface area contributed by atoms with Crippen LogP contribution in [-0.4, -0.2) is 16.1 Å². The zero-order valence-electron chi connectivity index (χ0n) is 15.8. The minimum Gasteiger partial charge on any atom is -0.457 e. The fourth-order valence-electron chi connectivity index (χ4n) is 2.90. The van der Waals surface area contributed by atoms with E-state index in [1.165, 1.54) is 30.3 Å². The van der Waals surface area contributed by atoms with Crippen molar-refractivity contribution < 1.29 is 13.5 Å². The molecule has 0 aliphatic heterocycles. The second-order valence-corrected chi connectivity index (χ2v) is 7.20. The molecule has 28 heavy (non-hydrogen) atoms. The number of nitrogens with zero attached hydrogens (tertiary/aromatic N) is 2. The van der Waals surface area contributed by atoms with Crippen molar-refractivity contribution >= 4 is 11.6 Å². The first-order valence-corrected chi connectivity index (χ1v) is 9.40. The Bertz CT molecular complexity index is 945. The van der Waals surface area contributed by atoms with Crippen molar-refractivity contribution in [2.24, 2.45) is 5.92 Å². The molecule has 1 unspecified atom stereocenters. The van der Waals surface area contributed by atoms with Crippen molar-refractivity contribution in [2.45, 2.75) is 26.9 Å². The molecule has 148 valence electrons. The summed E-state index contributed by atoms with van der Waals surface area (Å²) in [5, 5.41) is 3.32. The number of imidazole rings is 1. The van der Waals surface area contributed by atoms with Gasteiger partial charge in [0.25, 0.3) is 0 Å². The summed E-state index contributed by atoms with van der Waals surface area (Å²) in [6.45, 7) is 6.14. The van der Waals surface area contributed by atoms with E-state index in [2.05, 4.69) is 21.8 Å². The normalized spacial score (nSPS) is 12.2. The molecule has 0 saturated carbocycles. The maximum absolute atomic E-state index is 13.7. The third kappa shape index (κ3) is 5.30. The largest absolute Gasteiger partial charge is 0.457 e. The summed E-state index contributed by atoms with van der Waals surface area (Å²) < 4.78 is 34.9. The number of benzene rings is 2. The Hall–Kier alpha value is -2.44. The Labute approximate surface area is 168 Å². The summed E-state index contributed by atoms with van der Waals surface area (Å²) in [5.74, 6) is 1.37. The molecule has 4 nitrogen and oxygen atoms in total. The van der Waals surface area contributed by atoms with Gasteiger partial charge in [-0.3, -0.25) is 0 Å². The first-order valence-electron chi connectivity index (χ1n) is 9.02. The van der Waals surface area contributed by atoms with E-state index in [9.17, 15) is 8.78 Å². The second kappa shape index (κ2) is 9.17. The van der Waals surface area contributed by atoms with E-state index in [4.69, 9.17) is 16.3 Å². The number of rotatable bonds is 8. The highest BCUT2D eigenvalue weighted by atomic mass is 35.5. The molecule has 3 rings (SSSR count). The molecule has 3 aromatic rings. The van der Waals surface area contributed by atoms with Gasteiger partial charge in [-0.05, 0) is 49.7 Å². The SMILES string of the molecule is Cc1nccn1CC(C)CNCc1cc(F)ccc1Oc1ccc(F)c(Cl)c1. The van der Waals surface area contributed by atoms with Crippen molar-refractivity contribution in [1.29, 1.82) is 0 Å². The number of halogens is 3. The molecule has 2 aromatic carbocycles. The van der Waals surface area contributed by atoms with E-state index in [1.54, 1.807) is 12.3 Å². The fraction of sp³-hybridized carbons (Fsp3) is 0.286. The summed E-state index contributed by atoms with van der Waals surface area (Å²) in [6, 6.07) is 8.43. The van der Waals surface area contributed by atoms with Crippen LogP contribution in [0.2, 0.25) is 5.02 Å². The standard InChI is InChI=1S/C21H22ClF2N3O/c1-14(13-27-8-7-26-15(27)2)11-25-12-16-9-17(23)3-6-21(16)28-18-4-5-20(24)19(22)10-18/h3-10,14,25H,11-13H2,1-2H3. The maximum Gasteiger partial charge on any atom is 0.142 e. The van der Waals surface area contributed by atoms with E-state index in [-0.39, 0.29) is 10.8 Å². The minimum atomic E-state index is -0.517. The highest BCUT2D eigenvalue weighted by Crippen LogP contribution is 2.29. The number of hydrogen-bond acceptors (Lipinski definition) is 3. The van der Waals surface area contributed by atoms with Gasteiger partial charge in [0.15, 0.2) is 0 Å². The second-order valence-electron chi connectivity index (χ2n) is 6.79. The van der Waals surface area contributed by atoms with Crippen LogP contribution in [0, 0.1) is 24.5 Å². The highest BCUT2D eigenvalue weighted by molar-refractivity contribution is 6.30. The van der Waals surface area contributed by atoms with Crippen LogP contribution in [0.5, 0.6) is 11.5 Å². The van der Waals surface area contributed by atoms with Gasteiger partial charge in [-0.25, -0.2) is 13.8 Å². The smallest absolute Gasteiger partial charge is 0.142 e. The molecule has 1 heterocycles. The third-order valence-electron chi connectivity index (χ3n) is 4.38. The Kier molecular flexibility index (Phi) is 6.65. The number of hydrogen-bond donors (Lipinski definition) is 1. The van der Waals surface area contributed by atoms with E-state index >= 15 is 0 Å². The average Bonchev–Trinajstić information content (AvgIpc) is 3.05. The average molecular weight is 406 g/mol. The van der Waals surface area contributed by atoms with Gasteiger partial charge in [-0.2, -0.15) is 0 Å². The lowest BCUT2D eigenvalue weighted by Crippen LogP contribution is -2.24. The summed E-state index contributed by atoms with van der Waals surface area (Å²) in [4.78, 5) is 4.22. The summed E-state index contributed by atoms with van der Waals surface area (Å²) in [6.07, 6.45) is 3.74. The van der Waals surface area contributed by atoms with E-state index < -0.39 is 5.82 Å². The number of ether oxygens (including phenoxy) is 1. The molecule has 0 fully saturated rings. The van der Waals surface area contributed by atoms with E-state index in [0.29, 0.717) is 29.5 Å². The zero-order chi connectivity index (χ0) is 20.1. The van der Waals surface area contributed by atoms with Gasteiger partial charge in [-0.1, -0.05) is 18.5 Å². The predicted molar refractivity (Wildman–Crippen MR) is 106 cm³/mol. The molecule has 0 spiro atoms. The van der Waals surface area contributed by atoms with E-state index in [0.717, 1.165) is 18.9 Å². The maximum atomic E-state index is 13.7. The molecule has 0 bridgehead atoms. The van der Waals surface area contributed by atoms with Gasteiger partial charge in [0.1, 0.15) is 29.0 Å². The van der Waals surface area contributed by atoms with Gasteiger partial charge in [0, 0.05) is 37.1 Å². The van der Waals surface area contributed by atoms with Crippen LogP contribution in [0.3, 0.4) is 0 Å². The topological polar surface area (TPSA) is 39.1 Å². The molecular weight excluding hydrogens is 384 g/mol. The molecule has 0 aliphatic carbocycles. The lowest BCUT2D eigenvalue weighted by Gasteiger charge is -2.16. The molecule has 0 radical (unpaired) electrons. The number of nitrogens with one attached hydrogen (secondary N) is 1. The monoisotopic (exact) mass is 405 g/mol. The fourth-order valence-corrected chi connectivity index (χ4v) is 3.07. The zero-order valence-corrected chi connectivity index (χ0v) is 16.5. The molecule has 0 aliphatic rings. The van der Waals surface area contributed by atoms with Crippen molar-refractivity contribution in [2.75, 3.05) is 6.54 Å². The Morgan fingerprint density at radius 2 is 2.04 bits per heavy atom. The number of aromatic nitrogens is 2. The van der Waals surface area contributed by atoms with Crippen LogP contribution in [0.25, 0.3) is 0 Å². The summed E-state index contributed by atoms with van der Waals surface area (Å²) >= 11 is 5.80. The van der Waals surface area contributed by atoms with Gasteiger partial charge in [0.2, 0.25) is 0 Å². The van der Waals surface area contributed by atoms with Crippen molar-refractivity contribution in [3.63, 3.8) is 0 Å². The number of aryl methyl sites for hydroxylation is 1. The molecule has 7 heteroatoms. The lowest BCUT2D eigenvalue weighted by molar-refractivity contribution is 0.432. The Morgan fingerprint density at radius 1 is 1.21 bits per heavy atom. The van der Waals surface area contributed by atoms with Crippen LogP contribution in [0.4, 0.5) is 8.78 Å². The first-order chi connectivity index (χ1) is 13.4. The van der Waals surface area contributed by atoms with E-state index in [1.807, 2.05) is 13.1 Å². The van der Waals surface area contributed by atoms with Crippen LogP contribution in [0.1, 0.15) is 18.3 Å². The predicted octanol–water partition coefficient (Wildman–Crippen LogP) is 5.34. The van der Waals surface area contributed by atoms with Crippen LogP contribution in [-0.2, 0) is 13.1 Å².